The molecule has 0 aliphatic carbocycles. The Morgan fingerprint density at radius 3 is 2.94 bits per heavy atom. The largest absolute Gasteiger partial charge is 0.342 e. The van der Waals surface area contributed by atoms with Crippen molar-refractivity contribution >= 4 is 27.7 Å². The van der Waals surface area contributed by atoms with Crippen molar-refractivity contribution in [2.75, 3.05) is 5.32 Å². The first-order valence-electron chi connectivity index (χ1n) is 5.77. The molecule has 2 aromatic rings. The van der Waals surface area contributed by atoms with Crippen molar-refractivity contribution < 1.29 is 4.79 Å². The molecule has 1 N–H and O–H groups in total. The smallest absolute Gasteiger partial charge is 0.273 e. The van der Waals surface area contributed by atoms with Crippen LogP contribution in [0.25, 0.3) is 0 Å². The van der Waals surface area contributed by atoms with Crippen molar-refractivity contribution in [1.82, 2.24) is 14.3 Å². The normalized spacial score (nSPS) is 10.6. The highest BCUT2D eigenvalue weighted by molar-refractivity contribution is 9.10. The molecule has 0 aliphatic heterocycles. The number of nitrogens with one attached hydrogen (secondary N) is 1. The van der Waals surface area contributed by atoms with E-state index in [1.54, 1.807) is 16.9 Å². The molecule has 0 bridgehead atoms. The third kappa shape index (κ3) is 2.81. The lowest BCUT2D eigenvalue weighted by Crippen LogP contribution is -2.17. The van der Waals surface area contributed by atoms with Gasteiger partial charge in [0.15, 0.2) is 5.82 Å². The molecule has 0 fully saturated rings. The van der Waals surface area contributed by atoms with Crippen molar-refractivity contribution in [3.05, 3.63) is 34.7 Å². The third-order valence-corrected chi connectivity index (χ3v) is 2.95. The van der Waals surface area contributed by atoms with Crippen molar-refractivity contribution in [3.63, 3.8) is 0 Å². The number of rotatable bonds is 4. The Bertz CT molecular complexity index is 558. The monoisotopic (exact) mass is 310 g/mol. The summed E-state index contributed by atoms with van der Waals surface area (Å²) in [5, 5.41) is 6.90. The minimum Gasteiger partial charge on any atom is -0.342 e. The first-order chi connectivity index (χ1) is 8.60. The van der Waals surface area contributed by atoms with E-state index >= 15 is 0 Å². The van der Waals surface area contributed by atoms with Crippen LogP contribution in [0.2, 0.25) is 0 Å². The fourth-order valence-electron chi connectivity index (χ4n) is 1.75. The van der Waals surface area contributed by atoms with E-state index in [-0.39, 0.29) is 5.91 Å². The molecule has 0 saturated carbocycles. The number of aromatic nitrogens is 3. The molecule has 2 rings (SSSR count). The Kier molecular flexibility index (Phi) is 3.86. The average Bonchev–Trinajstić information content (AvgIpc) is 2.86. The Balaban J connectivity index is 2.17. The van der Waals surface area contributed by atoms with Gasteiger partial charge in [-0.1, -0.05) is 6.92 Å². The molecular weight excluding hydrogens is 296 g/mol. The molecule has 0 spiro atoms. The van der Waals surface area contributed by atoms with Gasteiger partial charge in [-0.2, -0.15) is 5.10 Å². The summed E-state index contributed by atoms with van der Waals surface area (Å²) in [6.07, 6.45) is 4.68. The molecule has 2 aromatic heterocycles. The molecule has 0 saturated heterocycles. The highest BCUT2D eigenvalue weighted by Gasteiger charge is 2.13. The Morgan fingerprint density at radius 2 is 2.33 bits per heavy atom. The maximum atomic E-state index is 12.1. The summed E-state index contributed by atoms with van der Waals surface area (Å²) >= 11 is 3.39. The highest BCUT2D eigenvalue weighted by atomic mass is 79.9. The van der Waals surface area contributed by atoms with E-state index in [2.05, 4.69) is 33.3 Å². The fraction of sp³-hybridized carbons (Fsp3) is 0.333. The number of carbonyl (C=O) groups excluding carboxylic acids is 1. The molecule has 2 heterocycles. The molecule has 0 unspecified atom stereocenters. The summed E-state index contributed by atoms with van der Waals surface area (Å²) < 4.78 is 4.49. The number of hydrogen-bond donors (Lipinski definition) is 1. The highest BCUT2D eigenvalue weighted by Crippen LogP contribution is 2.16. The van der Waals surface area contributed by atoms with E-state index in [1.165, 1.54) is 0 Å². The van der Waals surface area contributed by atoms with Crippen molar-refractivity contribution in [1.29, 1.82) is 0 Å². The van der Waals surface area contributed by atoms with Crippen LogP contribution in [0.3, 0.4) is 0 Å². The zero-order chi connectivity index (χ0) is 13.1. The van der Waals surface area contributed by atoms with Crippen LogP contribution < -0.4 is 5.32 Å². The van der Waals surface area contributed by atoms with Gasteiger partial charge in [-0.3, -0.25) is 9.48 Å². The summed E-state index contributed by atoms with van der Waals surface area (Å²) in [5.74, 6) is 0.413. The summed E-state index contributed by atoms with van der Waals surface area (Å²) in [4.78, 5) is 12.1. The van der Waals surface area contributed by atoms with Crippen LogP contribution in [0.5, 0.6) is 0 Å². The van der Waals surface area contributed by atoms with Gasteiger partial charge in [0.25, 0.3) is 5.91 Å². The lowest BCUT2D eigenvalue weighted by atomic mass is 10.3. The lowest BCUT2D eigenvalue weighted by molar-refractivity contribution is 0.101. The molecule has 0 radical (unpaired) electrons. The Labute approximate surface area is 114 Å². The Hall–Kier alpha value is -1.56. The topological polar surface area (TPSA) is 51.9 Å². The Morgan fingerprint density at radius 1 is 1.56 bits per heavy atom. The van der Waals surface area contributed by atoms with E-state index in [4.69, 9.17) is 0 Å². The number of carbonyl (C=O) groups is 1. The van der Waals surface area contributed by atoms with Crippen LogP contribution in [-0.4, -0.2) is 20.3 Å². The number of hydrogen-bond acceptors (Lipinski definition) is 2. The second-order valence-electron chi connectivity index (χ2n) is 4.07. The van der Waals surface area contributed by atoms with Crippen LogP contribution >= 0.6 is 15.9 Å². The molecule has 0 aromatic carbocycles. The predicted molar refractivity (Wildman–Crippen MR) is 73.6 cm³/mol. The number of nitrogens with zero attached hydrogens (tertiary/aromatic N) is 3. The number of aryl methyl sites for hydroxylation is 2. The van der Waals surface area contributed by atoms with Gasteiger partial charge in [0, 0.05) is 36.5 Å². The zero-order valence-corrected chi connectivity index (χ0v) is 11.9. The quantitative estimate of drug-likeness (QED) is 0.944. The minimum absolute atomic E-state index is 0.146. The molecule has 0 aliphatic rings. The van der Waals surface area contributed by atoms with Gasteiger partial charge in [-0.05, 0) is 28.4 Å². The lowest BCUT2D eigenvalue weighted by Gasteiger charge is -2.06. The minimum atomic E-state index is -0.146. The third-order valence-electron chi connectivity index (χ3n) is 2.52. The fourth-order valence-corrected chi connectivity index (χ4v) is 2.22. The second kappa shape index (κ2) is 5.39. The summed E-state index contributed by atoms with van der Waals surface area (Å²) in [6.45, 7) is 2.89. The summed E-state index contributed by atoms with van der Waals surface area (Å²) in [6, 6.07) is 3.58. The van der Waals surface area contributed by atoms with Gasteiger partial charge >= 0.3 is 0 Å². The number of anilines is 1. The molecule has 18 heavy (non-hydrogen) atoms. The second-order valence-corrected chi connectivity index (χ2v) is 4.98. The molecule has 0 atom stereocenters. The van der Waals surface area contributed by atoms with Gasteiger partial charge in [0.05, 0.1) is 0 Å². The van der Waals surface area contributed by atoms with Gasteiger partial charge in [0.2, 0.25) is 0 Å². The van der Waals surface area contributed by atoms with Crippen molar-refractivity contribution in [3.8, 4) is 0 Å². The van der Waals surface area contributed by atoms with E-state index in [9.17, 15) is 4.79 Å². The molecular formula is C12H15BrN4O. The first kappa shape index (κ1) is 12.9. The van der Waals surface area contributed by atoms with Crippen molar-refractivity contribution in [2.24, 2.45) is 7.05 Å². The van der Waals surface area contributed by atoms with Crippen LogP contribution in [-0.2, 0) is 13.6 Å². The first-order valence-corrected chi connectivity index (χ1v) is 6.56. The molecule has 5 nitrogen and oxygen atoms in total. The maximum Gasteiger partial charge on any atom is 0.273 e. The SMILES string of the molecule is CCCn1cc(Br)cc1C(=O)Nc1ccn(C)n1. The number of halogens is 1. The van der Waals surface area contributed by atoms with E-state index in [1.807, 2.05) is 23.9 Å². The van der Waals surface area contributed by atoms with Gasteiger partial charge < -0.3 is 9.88 Å². The maximum absolute atomic E-state index is 12.1. The van der Waals surface area contributed by atoms with Crippen molar-refractivity contribution in [2.45, 2.75) is 19.9 Å². The average molecular weight is 311 g/mol. The van der Waals surface area contributed by atoms with Crippen LogP contribution in [0.15, 0.2) is 29.0 Å². The standard InChI is InChI=1S/C12H15BrN4O/c1-3-5-17-8-9(13)7-10(17)12(18)14-11-4-6-16(2)15-11/h4,6-8H,3,5H2,1-2H3,(H,14,15,18). The number of amides is 1. The predicted octanol–water partition coefficient (Wildman–Crippen LogP) is 2.65. The van der Waals surface area contributed by atoms with Gasteiger partial charge in [0.1, 0.15) is 5.69 Å². The zero-order valence-electron chi connectivity index (χ0n) is 10.4. The summed E-state index contributed by atoms with van der Waals surface area (Å²) in [5.41, 5.74) is 0.634. The summed E-state index contributed by atoms with van der Waals surface area (Å²) in [7, 11) is 1.81. The van der Waals surface area contributed by atoms with Gasteiger partial charge in [-0.25, -0.2) is 0 Å². The molecule has 1 amide bonds. The van der Waals surface area contributed by atoms with Crippen LogP contribution in [0.1, 0.15) is 23.8 Å². The molecule has 6 heteroatoms. The van der Waals surface area contributed by atoms with E-state index in [0.717, 1.165) is 17.4 Å². The van der Waals surface area contributed by atoms with Gasteiger partial charge in [-0.15, -0.1) is 0 Å². The van der Waals surface area contributed by atoms with Crippen LogP contribution in [0, 0.1) is 0 Å². The van der Waals surface area contributed by atoms with Crippen LogP contribution in [0.4, 0.5) is 5.82 Å². The van der Waals surface area contributed by atoms with E-state index < -0.39 is 0 Å². The molecule has 96 valence electrons. The van der Waals surface area contributed by atoms with E-state index in [0.29, 0.717) is 11.5 Å².